The van der Waals surface area contributed by atoms with Gasteiger partial charge in [0.15, 0.2) is 0 Å². The zero-order chi connectivity index (χ0) is 11.6. The predicted molar refractivity (Wildman–Crippen MR) is 62.8 cm³/mol. The molecule has 0 bridgehead atoms. The number of aliphatic hydroxyl groups is 1. The Bertz CT molecular complexity index is 206. The van der Waals surface area contributed by atoms with Crippen molar-refractivity contribution < 1.29 is 5.11 Å². The Labute approximate surface area is 93.0 Å². The lowest BCUT2D eigenvalue weighted by atomic mass is 10.1. The van der Waals surface area contributed by atoms with Gasteiger partial charge in [-0.05, 0) is 26.9 Å². The summed E-state index contributed by atoms with van der Waals surface area (Å²) in [5.74, 6) is 0.661. The van der Waals surface area contributed by atoms with Crippen molar-refractivity contribution in [3.8, 4) is 0 Å². The third-order valence-electron chi connectivity index (χ3n) is 3.32. The molecule has 1 aliphatic rings. The summed E-state index contributed by atoms with van der Waals surface area (Å²) < 4.78 is 0. The smallest absolute Gasteiger partial charge is 0.0867 e. The molecule has 1 fully saturated rings. The molecule has 1 rings (SSSR count). The number of rotatable bonds is 4. The molecule has 0 amide bonds. The summed E-state index contributed by atoms with van der Waals surface area (Å²) in [5.41, 5.74) is 4.78. The van der Waals surface area contributed by atoms with Crippen LogP contribution in [0.3, 0.4) is 0 Å². The van der Waals surface area contributed by atoms with Gasteiger partial charge in [-0.25, -0.2) is 0 Å². The number of nitrogens with two attached hydrogens (primary N) is 1. The molecule has 0 aromatic heterocycles. The maximum atomic E-state index is 9.91. The van der Waals surface area contributed by atoms with E-state index < -0.39 is 5.60 Å². The maximum Gasteiger partial charge on any atom is 0.0867 e. The fourth-order valence-electron chi connectivity index (χ4n) is 2.40. The van der Waals surface area contributed by atoms with Crippen molar-refractivity contribution in [1.29, 1.82) is 0 Å². The van der Waals surface area contributed by atoms with E-state index in [1.807, 2.05) is 0 Å². The molecule has 1 heterocycles. The molecule has 0 spiro atoms. The van der Waals surface area contributed by atoms with E-state index in [4.69, 9.17) is 5.73 Å². The van der Waals surface area contributed by atoms with Gasteiger partial charge in [-0.1, -0.05) is 6.92 Å². The topological polar surface area (TPSA) is 52.7 Å². The number of likely N-dealkylation sites (tertiary alicyclic amines) is 1. The Morgan fingerprint density at radius 3 is 2.47 bits per heavy atom. The highest BCUT2D eigenvalue weighted by Gasteiger charge is 2.34. The fraction of sp³-hybridized carbons (Fsp3) is 1.00. The standard InChI is InChI=1S/C11H25N3O/c1-9-5-14(6-10(9)13(3)4)8-11(2,15)7-12/h9-10,15H,5-8,12H2,1-4H3. The molecule has 0 aromatic rings. The normalized spacial score (nSPS) is 32.2. The van der Waals surface area contributed by atoms with Gasteiger partial charge in [0.2, 0.25) is 0 Å². The second kappa shape index (κ2) is 4.78. The molecule has 1 aliphatic heterocycles. The van der Waals surface area contributed by atoms with Gasteiger partial charge in [-0.15, -0.1) is 0 Å². The number of hydrogen-bond acceptors (Lipinski definition) is 4. The third kappa shape index (κ3) is 3.41. The molecular weight excluding hydrogens is 190 g/mol. The molecule has 0 saturated carbocycles. The first kappa shape index (κ1) is 12.9. The number of nitrogens with zero attached hydrogens (tertiary/aromatic N) is 2. The highest BCUT2D eigenvalue weighted by molar-refractivity contribution is 4.90. The molecule has 4 nitrogen and oxygen atoms in total. The summed E-state index contributed by atoms with van der Waals surface area (Å²) in [6, 6.07) is 0.596. The van der Waals surface area contributed by atoms with Gasteiger partial charge in [0.25, 0.3) is 0 Å². The summed E-state index contributed by atoms with van der Waals surface area (Å²) in [6.07, 6.45) is 0. The van der Waals surface area contributed by atoms with Crippen molar-refractivity contribution in [2.75, 3.05) is 40.3 Å². The fourth-order valence-corrected chi connectivity index (χ4v) is 2.40. The van der Waals surface area contributed by atoms with Crippen molar-refractivity contribution in [2.24, 2.45) is 11.7 Å². The van der Waals surface area contributed by atoms with E-state index in [1.165, 1.54) is 0 Å². The second-order valence-electron chi connectivity index (χ2n) is 5.40. The van der Waals surface area contributed by atoms with E-state index >= 15 is 0 Å². The number of β-amino-alcohol motifs (C(OH)–C–C–N with tert-alkyl or cyclic N) is 1. The molecule has 4 heteroatoms. The molecule has 1 saturated heterocycles. The Morgan fingerprint density at radius 2 is 2.07 bits per heavy atom. The summed E-state index contributed by atoms with van der Waals surface area (Å²) in [6.45, 7) is 7.16. The monoisotopic (exact) mass is 215 g/mol. The van der Waals surface area contributed by atoms with Crippen LogP contribution in [-0.2, 0) is 0 Å². The summed E-state index contributed by atoms with van der Waals surface area (Å²) in [4.78, 5) is 4.57. The molecule has 3 N–H and O–H groups in total. The van der Waals surface area contributed by atoms with E-state index in [1.54, 1.807) is 6.92 Å². The molecule has 0 radical (unpaired) electrons. The Morgan fingerprint density at radius 1 is 1.47 bits per heavy atom. The van der Waals surface area contributed by atoms with Gasteiger partial charge in [0.05, 0.1) is 5.60 Å². The minimum atomic E-state index is -0.749. The average Bonchev–Trinajstić information content (AvgIpc) is 2.46. The summed E-state index contributed by atoms with van der Waals surface area (Å²) in [5, 5.41) is 9.91. The maximum absolute atomic E-state index is 9.91. The van der Waals surface area contributed by atoms with E-state index in [0.29, 0.717) is 25.0 Å². The molecule has 3 unspecified atom stereocenters. The molecule has 3 atom stereocenters. The molecular formula is C11H25N3O. The third-order valence-corrected chi connectivity index (χ3v) is 3.32. The predicted octanol–water partition coefficient (Wildman–Crippen LogP) is -0.422. The highest BCUT2D eigenvalue weighted by atomic mass is 16.3. The Kier molecular flexibility index (Phi) is 4.12. The van der Waals surface area contributed by atoms with E-state index in [9.17, 15) is 5.11 Å². The average molecular weight is 215 g/mol. The van der Waals surface area contributed by atoms with Gasteiger partial charge in [-0.3, -0.25) is 4.90 Å². The lowest BCUT2D eigenvalue weighted by Gasteiger charge is -2.28. The van der Waals surface area contributed by atoms with Crippen LogP contribution in [0.25, 0.3) is 0 Å². The van der Waals surface area contributed by atoms with Crippen LogP contribution in [0.5, 0.6) is 0 Å². The first-order valence-corrected chi connectivity index (χ1v) is 5.67. The molecule has 90 valence electrons. The van der Waals surface area contributed by atoms with E-state index in [2.05, 4.69) is 30.8 Å². The van der Waals surface area contributed by atoms with Crippen molar-refractivity contribution >= 4 is 0 Å². The van der Waals surface area contributed by atoms with Gasteiger partial charge in [-0.2, -0.15) is 0 Å². The van der Waals surface area contributed by atoms with E-state index in [0.717, 1.165) is 13.1 Å². The minimum absolute atomic E-state index is 0.324. The molecule has 0 aliphatic carbocycles. The van der Waals surface area contributed by atoms with Crippen molar-refractivity contribution in [1.82, 2.24) is 9.80 Å². The highest BCUT2D eigenvalue weighted by Crippen LogP contribution is 2.21. The lowest BCUT2D eigenvalue weighted by Crippen LogP contribution is -2.46. The van der Waals surface area contributed by atoms with Gasteiger partial charge >= 0.3 is 0 Å². The summed E-state index contributed by atoms with van der Waals surface area (Å²) >= 11 is 0. The lowest BCUT2D eigenvalue weighted by molar-refractivity contribution is 0.0325. The van der Waals surface area contributed by atoms with Gasteiger partial charge < -0.3 is 15.7 Å². The number of likely N-dealkylation sites (N-methyl/N-ethyl adjacent to an activating group) is 1. The first-order chi connectivity index (χ1) is 6.85. The van der Waals surface area contributed by atoms with Gasteiger partial charge in [0, 0.05) is 32.2 Å². The molecule has 0 aromatic carbocycles. The van der Waals surface area contributed by atoms with Gasteiger partial charge in [0.1, 0.15) is 0 Å². The van der Waals surface area contributed by atoms with Crippen LogP contribution in [0.2, 0.25) is 0 Å². The van der Waals surface area contributed by atoms with Crippen LogP contribution < -0.4 is 5.73 Å². The second-order valence-corrected chi connectivity index (χ2v) is 5.40. The van der Waals surface area contributed by atoms with Crippen LogP contribution in [0.1, 0.15) is 13.8 Å². The van der Waals surface area contributed by atoms with Crippen LogP contribution >= 0.6 is 0 Å². The largest absolute Gasteiger partial charge is 0.388 e. The van der Waals surface area contributed by atoms with Crippen molar-refractivity contribution in [3.05, 3.63) is 0 Å². The SMILES string of the molecule is CC1CN(CC(C)(O)CN)CC1N(C)C. The number of hydrogen-bond donors (Lipinski definition) is 2. The summed E-state index contributed by atoms with van der Waals surface area (Å²) in [7, 11) is 4.23. The molecule has 15 heavy (non-hydrogen) atoms. The quantitative estimate of drug-likeness (QED) is 0.669. The Hall–Kier alpha value is -0.160. The van der Waals surface area contributed by atoms with Crippen LogP contribution in [0.15, 0.2) is 0 Å². The van der Waals surface area contributed by atoms with Crippen LogP contribution in [-0.4, -0.2) is 66.8 Å². The zero-order valence-electron chi connectivity index (χ0n) is 10.4. The van der Waals surface area contributed by atoms with Crippen molar-refractivity contribution in [3.63, 3.8) is 0 Å². The van der Waals surface area contributed by atoms with E-state index in [-0.39, 0.29) is 0 Å². The van der Waals surface area contributed by atoms with Crippen LogP contribution in [0.4, 0.5) is 0 Å². The zero-order valence-corrected chi connectivity index (χ0v) is 10.4. The van der Waals surface area contributed by atoms with Crippen molar-refractivity contribution in [2.45, 2.75) is 25.5 Å². The minimum Gasteiger partial charge on any atom is -0.388 e. The first-order valence-electron chi connectivity index (χ1n) is 5.67. The Balaban J connectivity index is 2.48. The van der Waals surface area contributed by atoms with Crippen LogP contribution in [0, 0.1) is 5.92 Å².